The summed E-state index contributed by atoms with van der Waals surface area (Å²) in [5.41, 5.74) is 1.26. The minimum Gasteiger partial charge on any atom is -0.493 e. The van der Waals surface area contributed by atoms with Gasteiger partial charge in [0.25, 0.3) is 5.91 Å². The maximum atomic E-state index is 12.8. The third-order valence-electron chi connectivity index (χ3n) is 5.34. The average Bonchev–Trinajstić information content (AvgIpc) is 2.73. The molecule has 3 aromatic rings. The first kappa shape index (κ1) is 22.6. The minimum absolute atomic E-state index is 0.152. The second-order valence-corrected chi connectivity index (χ2v) is 8.23. The monoisotopic (exact) mass is 420 g/mol. The number of rotatable bonds is 8. The zero-order valence-corrected chi connectivity index (χ0v) is 19.2. The van der Waals surface area contributed by atoms with Crippen molar-refractivity contribution in [1.82, 2.24) is 4.90 Å². The van der Waals surface area contributed by atoms with Crippen molar-refractivity contribution in [2.75, 3.05) is 12.4 Å². The van der Waals surface area contributed by atoms with Crippen LogP contribution in [0.5, 0.6) is 11.5 Å². The van der Waals surface area contributed by atoms with Gasteiger partial charge in [0.1, 0.15) is 6.23 Å². The lowest BCUT2D eigenvalue weighted by Crippen LogP contribution is -2.46. The standard InChI is InChI=1S/C26H32N2O3/c1-17(2)28(18(3)4)19(5)31-25-16-23(13-14-24(25)30-6)27-26(29)22-12-11-20-9-7-8-10-21(20)15-22/h7-19H,1-6H3,(H,27,29). The minimum atomic E-state index is -0.166. The molecule has 0 spiro atoms. The highest BCUT2D eigenvalue weighted by Crippen LogP contribution is 2.32. The fourth-order valence-corrected chi connectivity index (χ4v) is 4.06. The van der Waals surface area contributed by atoms with Crippen LogP contribution in [0, 0.1) is 0 Å². The van der Waals surface area contributed by atoms with Gasteiger partial charge in [-0.15, -0.1) is 0 Å². The SMILES string of the molecule is COc1ccc(NC(=O)c2ccc3ccccc3c2)cc1OC(C)N(C(C)C)C(C)C. The van der Waals surface area contributed by atoms with Gasteiger partial charge in [-0.1, -0.05) is 30.3 Å². The van der Waals surface area contributed by atoms with E-state index in [9.17, 15) is 4.79 Å². The number of hydrogen-bond acceptors (Lipinski definition) is 4. The van der Waals surface area contributed by atoms with Gasteiger partial charge < -0.3 is 14.8 Å². The quantitative estimate of drug-likeness (QED) is 0.458. The number of amides is 1. The van der Waals surface area contributed by atoms with Gasteiger partial charge in [0.2, 0.25) is 0 Å². The molecule has 164 valence electrons. The number of carbonyl (C=O) groups excluding carboxylic acids is 1. The summed E-state index contributed by atoms with van der Waals surface area (Å²) < 4.78 is 11.7. The zero-order chi connectivity index (χ0) is 22.5. The Labute approximate surface area is 185 Å². The molecule has 0 fully saturated rings. The maximum Gasteiger partial charge on any atom is 0.255 e. The molecule has 31 heavy (non-hydrogen) atoms. The molecular weight excluding hydrogens is 388 g/mol. The van der Waals surface area contributed by atoms with E-state index in [4.69, 9.17) is 9.47 Å². The number of fused-ring (bicyclic) bond motifs is 1. The molecule has 1 unspecified atom stereocenters. The topological polar surface area (TPSA) is 50.8 Å². The lowest BCUT2D eigenvalue weighted by atomic mass is 10.1. The van der Waals surface area contributed by atoms with Crippen molar-refractivity contribution < 1.29 is 14.3 Å². The molecule has 1 amide bonds. The summed E-state index contributed by atoms with van der Waals surface area (Å²) in [5, 5.41) is 5.11. The predicted molar refractivity (Wildman–Crippen MR) is 127 cm³/mol. The number of benzene rings is 3. The molecule has 0 aliphatic carbocycles. The summed E-state index contributed by atoms with van der Waals surface area (Å²) in [6.45, 7) is 10.6. The van der Waals surface area contributed by atoms with Gasteiger partial charge in [-0.05, 0) is 69.7 Å². The highest BCUT2D eigenvalue weighted by atomic mass is 16.5. The van der Waals surface area contributed by atoms with Crippen molar-refractivity contribution in [2.45, 2.75) is 52.9 Å². The molecule has 1 atom stereocenters. The summed E-state index contributed by atoms with van der Waals surface area (Å²) in [4.78, 5) is 15.1. The van der Waals surface area contributed by atoms with Crippen molar-refractivity contribution >= 4 is 22.4 Å². The van der Waals surface area contributed by atoms with E-state index >= 15 is 0 Å². The normalized spacial score (nSPS) is 12.4. The Bertz CT molecular complexity index is 1040. The molecule has 5 heteroatoms. The summed E-state index contributed by atoms with van der Waals surface area (Å²) in [6.07, 6.45) is -0.152. The number of nitrogens with one attached hydrogen (secondary N) is 1. The van der Waals surface area contributed by atoms with Gasteiger partial charge in [0, 0.05) is 29.4 Å². The summed E-state index contributed by atoms with van der Waals surface area (Å²) >= 11 is 0. The number of carbonyl (C=O) groups is 1. The second-order valence-electron chi connectivity index (χ2n) is 8.23. The van der Waals surface area contributed by atoms with E-state index in [1.165, 1.54) is 0 Å². The maximum absolute atomic E-state index is 12.8. The Morgan fingerprint density at radius 1 is 0.839 bits per heavy atom. The van der Waals surface area contributed by atoms with E-state index in [1.54, 1.807) is 7.11 Å². The van der Waals surface area contributed by atoms with Crippen LogP contribution in [-0.2, 0) is 0 Å². The van der Waals surface area contributed by atoms with Crippen molar-refractivity contribution in [3.63, 3.8) is 0 Å². The fourth-order valence-electron chi connectivity index (χ4n) is 4.06. The van der Waals surface area contributed by atoms with Gasteiger partial charge in [0.05, 0.1) is 7.11 Å². The number of ether oxygens (including phenoxy) is 2. The largest absolute Gasteiger partial charge is 0.493 e. The molecule has 0 heterocycles. The Hall–Kier alpha value is -3.05. The first-order valence-electron chi connectivity index (χ1n) is 10.7. The van der Waals surface area contributed by atoms with E-state index in [1.807, 2.05) is 67.6 Å². The zero-order valence-electron chi connectivity index (χ0n) is 19.2. The number of hydrogen-bond donors (Lipinski definition) is 1. The molecule has 0 aromatic heterocycles. The van der Waals surface area contributed by atoms with Gasteiger partial charge in [-0.25, -0.2) is 0 Å². The van der Waals surface area contributed by atoms with Crippen molar-refractivity contribution in [3.8, 4) is 11.5 Å². The van der Waals surface area contributed by atoms with Gasteiger partial charge in [-0.2, -0.15) is 0 Å². The van der Waals surface area contributed by atoms with Gasteiger partial charge in [-0.3, -0.25) is 9.69 Å². The summed E-state index contributed by atoms with van der Waals surface area (Å²) in [5.74, 6) is 1.06. The van der Waals surface area contributed by atoms with Crippen LogP contribution in [0.4, 0.5) is 5.69 Å². The molecule has 5 nitrogen and oxygen atoms in total. The van der Waals surface area contributed by atoms with Crippen LogP contribution in [0.3, 0.4) is 0 Å². The van der Waals surface area contributed by atoms with Crippen LogP contribution in [0.25, 0.3) is 10.8 Å². The van der Waals surface area contributed by atoms with E-state index < -0.39 is 0 Å². The third kappa shape index (κ3) is 5.36. The predicted octanol–water partition coefficient (Wildman–Crippen LogP) is 5.94. The lowest BCUT2D eigenvalue weighted by molar-refractivity contribution is -0.00690. The number of methoxy groups -OCH3 is 1. The van der Waals surface area contributed by atoms with Crippen molar-refractivity contribution in [3.05, 3.63) is 66.2 Å². The molecule has 0 saturated heterocycles. The molecule has 0 bridgehead atoms. The number of nitrogens with zero attached hydrogens (tertiary/aromatic N) is 1. The first-order valence-corrected chi connectivity index (χ1v) is 10.7. The number of anilines is 1. The Morgan fingerprint density at radius 2 is 1.52 bits per heavy atom. The molecule has 0 saturated carbocycles. The third-order valence-corrected chi connectivity index (χ3v) is 5.34. The van der Waals surface area contributed by atoms with Crippen molar-refractivity contribution in [2.24, 2.45) is 0 Å². The Morgan fingerprint density at radius 3 is 2.16 bits per heavy atom. The Kier molecular flexibility index (Phi) is 7.18. The van der Waals surface area contributed by atoms with Gasteiger partial charge in [0.15, 0.2) is 11.5 Å². The molecule has 0 aliphatic heterocycles. The van der Waals surface area contributed by atoms with Crippen LogP contribution in [0.15, 0.2) is 60.7 Å². The molecule has 0 aliphatic rings. The molecule has 1 N–H and O–H groups in total. The highest BCUT2D eigenvalue weighted by Gasteiger charge is 2.23. The Balaban J connectivity index is 1.81. The second kappa shape index (κ2) is 9.84. The van der Waals surface area contributed by atoms with E-state index in [2.05, 4.69) is 37.9 Å². The summed E-state index contributed by atoms with van der Waals surface area (Å²) in [7, 11) is 1.61. The first-order chi connectivity index (χ1) is 14.8. The average molecular weight is 421 g/mol. The molecule has 3 aromatic carbocycles. The van der Waals surface area contributed by atoms with E-state index in [-0.39, 0.29) is 12.1 Å². The van der Waals surface area contributed by atoms with Crippen molar-refractivity contribution in [1.29, 1.82) is 0 Å². The molecule has 3 rings (SSSR count). The van der Waals surface area contributed by atoms with Gasteiger partial charge >= 0.3 is 0 Å². The molecule has 0 radical (unpaired) electrons. The van der Waals surface area contributed by atoms with Crippen LogP contribution >= 0.6 is 0 Å². The summed E-state index contributed by atoms with van der Waals surface area (Å²) in [6, 6.07) is 19.8. The van der Waals surface area contributed by atoms with Crippen LogP contribution < -0.4 is 14.8 Å². The molecular formula is C26H32N2O3. The van der Waals surface area contributed by atoms with Crippen LogP contribution in [0.2, 0.25) is 0 Å². The fraction of sp³-hybridized carbons (Fsp3) is 0.346. The smallest absolute Gasteiger partial charge is 0.255 e. The lowest BCUT2D eigenvalue weighted by Gasteiger charge is -2.36. The highest BCUT2D eigenvalue weighted by molar-refractivity contribution is 6.06. The van der Waals surface area contributed by atoms with Crippen LogP contribution in [0.1, 0.15) is 45.0 Å². The van der Waals surface area contributed by atoms with Crippen LogP contribution in [-0.4, -0.2) is 36.2 Å². The van der Waals surface area contributed by atoms with E-state index in [0.717, 1.165) is 10.8 Å². The van der Waals surface area contributed by atoms with E-state index in [0.29, 0.717) is 34.8 Å².